The van der Waals surface area contributed by atoms with Crippen molar-refractivity contribution in [1.29, 1.82) is 0 Å². The van der Waals surface area contributed by atoms with Crippen LogP contribution in [-0.4, -0.2) is 43.1 Å². The Morgan fingerprint density at radius 2 is 2.00 bits per heavy atom. The minimum absolute atomic E-state index is 0.123. The van der Waals surface area contributed by atoms with Crippen molar-refractivity contribution in [3.8, 4) is 0 Å². The summed E-state index contributed by atoms with van der Waals surface area (Å²) in [5.41, 5.74) is 0.123. The van der Waals surface area contributed by atoms with E-state index in [-0.39, 0.29) is 10.8 Å². The fourth-order valence-electron chi connectivity index (χ4n) is 2.08. The van der Waals surface area contributed by atoms with Crippen LogP contribution in [-0.2, 0) is 10.0 Å². The molecule has 15 heavy (non-hydrogen) atoms. The van der Waals surface area contributed by atoms with Gasteiger partial charge in [0.2, 0.25) is 10.0 Å². The third kappa shape index (κ3) is 2.19. The van der Waals surface area contributed by atoms with Crippen molar-refractivity contribution in [3.63, 3.8) is 0 Å². The lowest BCUT2D eigenvalue weighted by Crippen LogP contribution is -2.44. The van der Waals surface area contributed by atoms with Crippen molar-refractivity contribution in [1.82, 2.24) is 9.62 Å². The molecule has 1 saturated carbocycles. The molecule has 2 rings (SSSR count). The Bertz CT molecular complexity index is 333. The van der Waals surface area contributed by atoms with Crippen molar-refractivity contribution in [2.75, 3.05) is 19.6 Å². The first-order valence-corrected chi connectivity index (χ1v) is 7.21. The monoisotopic (exact) mass is 232 g/mol. The van der Waals surface area contributed by atoms with Gasteiger partial charge in [0.25, 0.3) is 0 Å². The molecule has 0 atom stereocenters. The average molecular weight is 232 g/mol. The van der Waals surface area contributed by atoms with Gasteiger partial charge in [-0.1, -0.05) is 0 Å². The lowest BCUT2D eigenvalue weighted by atomic mass is 10.3. The van der Waals surface area contributed by atoms with Crippen LogP contribution in [0.15, 0.2) is 0 Å². The van der Waals surface area contributed by atoms with Gasteiger partial charge in [-0.05, 0) is 39.7 Å². The Balaban J connectivity index is 2.14. The molecule has 5 heteroatoms. The summed E-state index contributed by atoms with van der Waals surface area (Å²) in [6, 6.07) is 0. The summed E-state index contributed by atoms with van der Waals surface area (Å²) in [6.45, 7) is 5.81. The van der Waals surface area contributed by atoms with E-state index in [9.17, 15) is 8.42 Å². The molecule has 1 N–H and O–H groups in total. The average Bonchev–Trinajstić information content (AvgIpc) is 2.94. The topological polar surface area (TPSA) is 49.4 Å². The summed E-state index contributed by atoms with van der Waals surface area (Å²) in [4.78, 5) is 0. The highest BCUT2D eigenvalue weighted by atomic mass is 32.2. The molecule has 0 aromatic rings. The minimum atomic E-state index is -3.06. The van der Waals surface area contributed by atoms with Crippen molar-refractivity contribution in [2.45, 2.75) is 43.9 Å². The number of nitrogens with one attached hydrogen (secondary N) is 1. The number of sulfonamides is 1. The van der Waals surface area contributed by atoms with E-state index < -0.39 is 10.0 Å². The molecule has 4 nitrogen and oxygen atoms in total. The maximum atomic E-state index is 12.1. The SMILES string of the molecule is CC(C)S(=O)(=O)N1CCCNC2(CC2)C1. The summed E-state index contributed by atoms with van der Waals surface area (Å²) < 4.78 is 25.8. The number of hydrogen-bond acceptors (Lipinski definition) is 3. The van der Waals surface area contributed by atoms with E-state index in [1.54, 1.807) is 18.2 Å². The molecule has 1 aliphatic heterocycles. The molecule has 0 amide bonds. The lowest BCUT2D eigenvalue weighted by Gasteiger charge is -2.25. The van der Waals surface area contributed by atoms with Crippen LogP contribution < -0.4 is 5.32 Å². The Kier molecular flexibility index (Phi) is 2.81. The van der Waals surface area contributed by atoms with E-state index in [2.05, 4.69) is 5.32 Å². The van der Waals surface area contributed by atoms with Crippen LogP contribution in [0.5, 0.6) is 0 Å². The first-order valence-electron chi connectivity index (χ1n) is 5.70. The quantitative estimate of drug-likeness (QED) is 0.756. The molecule has 88 valence electrons. The highest BCUT2D eigenvalue weighted by Gasteiger charge is 2.46. The highest BCUT2D eigenvalue weighted by Crippen LogP contribution is 2.38. The smallest absolute Gasteiger partial charge is 0.216 e. The van der Waals surface area contributed by atoms with Crippen LogP contribution in [0.4, 0.5) is 0 Å². The second kappa shape index (κ2) is 3.71. The van der Waals surface area contributed by atoms with Crippen molar-refractivity contribution in [2.24, 2.45) is 0 Å². The zero-order valence-electron chi connectivity index (χ0n) is 9.49. The first-order chi connectivity index (χ1) is 6.96. The Hall–Kier alpha value is -0.130. The summed E-state index contributed by atoms with van der Waals surface area (Å²) in [5, 5.41) is 3.17. The third-order valence-electron chi connectivity index (χ3n) is 3.37. The van der Waals surface area contributed by atoms with Gasteiger partial charge in [0.15, 0.2) is 0 Å². The standard InChI is InChI=1S/C10H20N2O2S/c1-9(2)15(13,14)12-7-3-6-11-10(8-12)4-5-10/h9,11H,3-8H2,1-2H3. The fourth-order valence-corrected chi connectivity index (χ4v) is 3.49. The second-order valence-corrected chi connectivity index (χ2v) is 7.48. The van der Waals surface area contributed by atoms with Gasteiger partial charge in [0.05, 0.1) is 5.25 Å². The summed E-state index contributed by atoms with van der Waals surface area (Å²) in [5.74, 6) is 0. The molecule has 2 fully saturated rings. The fraction of sp³-hybridized carbons (Fsp3) is 1.00. The number of hydrogen-bond donors (Lipinski definition) is 1. The predicted molar refractivity (Wildman–Crippen MR) is 60.2 cm³/mol. The van der Waals surface area contributed by atoms with Gasteiger partial charge in [-0.3, -0.25) is 0 Å². The molecule has 1 saturated heterocycles. The number of nitrogens with zero attached hydrogens (tertiary/aromatic N) is 1. The molecular formula is C10H20N2O2S. The van der Waals surface area contributed by atoms with E-state index in [0.717, 1.165) is 25.8 Å². The van der Waals surface area contributed by atoms with Gasteiger partial charge in [-0.15, -0.1) is 0 Å². The molecule has 0 radical (unpaired) electrons. The van der Waals surface area contributed by atoms with E-state index >= 15 is 0 Å². The van der Waals surface area contributed by atoms with E-state index in [1.165, 1.54) is 0 Å². The summed E-state index contributed by atoms with van der Waals surface area (Å²) >= 11 is 0. The molecule has 0 aromatic heterocycles. The molecule has 0 aromatic carbocycles. The Morgan fingerprint density at radius 3 is 2.53 bits per heavy atom. The lowest BCUT2D eigenvalue weighted by molar-refractivity contribution is 0.380. The summed E-state index contributed by atoms with van der Waals surface area (Å²) in [7, 11) is -3.06. The molecule has 0 bridgehead atoms. The first kappa shape index (κ1) is 11.4. The van der Waals surface area contributed by atoms with Gasteiger partial charge >= 0.3 is 0 Å². The molecule has 2 aliphatic rings. The Morgan fingerprint density at radius 1 is 1.33 bits per heavy atom. The van der Waals surface area contributed by atoms with Crippen molar-refractivity contribution < 1.29 is 8.42 Å². The van der Waals surface area contributed by atoms with E-state index in [0.29, 0.717) is 13.1 Å². The Labute approximate surface area is 92.1 Å². The number of rotatable bonds is 2. The molecule has 1 aliphatic carbocycles. The largest absolute Gasteiger partial charge is 0.310 e. The van der Waals surface area contributed by atoms with Crippen LogP contribution >= 0.6 is 0 Å². The van der Waals surface area contributed by atoms with Crippen LogP contribution in [0.25, 0.3) is 0 Å². The molecular weight excluding hydrogens is 212 g/mol. The van der Waals surface area contributed by atoms with Crippen molar-refractivity contribution in [3.05, 3.63) is 0 Å². The normalized spacial score (nSPS) is 26.9. The molecule has 1 spiro atoms. The zero-order valence-corrected chi connectivity index (χ0v) is 10.3. The van der Waals surface area contributed by atoms with Gasteiger partial charge in [0, 0.05) is 18.6 Å². The van der Waals surface area contributed by atoms with Crippen LogP contribution in [0, 0.1) is 0 Å². The van der Waals surface area contributed by atoms with Gasteiger partial charge < -0.3 is 5.32 Å². The molecule has 1 heterocycles. The minimum Gasteiger partial charge on any atom is -0.310 e. The highest BCUT2D eigenvalue weighted by molar-refractivity contribution is 7.89. The van der Waals surface area contributed by atoms with E-state index in [4.69, 9.17) is 0 Å². The van der Waals surface area contributed by atoms with Gasteiger partial charge in [0.1, 0.15) is 0 Å². The molecule has 0 unspecified atom stereocenters. The van der Waals surface area contributed by atoms with E-state index in [1.807, 2.05) is 0 Å². The maximum Gasteiger partial charge on any atom is 0.216 e. The van der Waals surface area contributed by atoms with Gasteiger partial charge in [-0.25, -0.2) is 8.42 Å². The predicted octanol–water partition coefficient (Wildman–Crippen LogP) is 0.552. The zero-order chi connectivity index (χ0) is 11.1. The van der Waals surface area contributed by atoms with Gasteiger partial charge in [-0.2, -0.15) is 4.31 Å². The third-order valence-corrected chi connectivity index (χ3v) is 5.60. The maximum absolute atomic E-state index is 12.1. The van der Waals surface area contributed by atoms with Crippen LogP contribution in [0.1, 0.15) is 33.1 Å². The van der Waals surface area contributed by atoms with Crippen molar-refractivity contribution >= 4 is 10.0 Å². The summed E-state index contributed by atoms with van der Waals surface area (Å²) in [6.07, 6.45) is 3.17. The van der Waals surface area contributed by atoms with Crippen LogP contribution in [0.2, 0.25) is 0 Å². The second-order valence-electron chi connectivity index (χ2n) is 4.99. The van der Waals surface area contributed by atoms with Crippen LogP contribution in [0.3, 0.4) is 0 Å².